The maximum Gasteiger partial charge on any atom is 0.160 e. The molecule has 0 amide bonds. The molecule has 0 radical (unpaired) electrons. The SMILES string of the molecule is CC1(C)c2ccccc2-c2cc3c(cc21)-c1ccc(-c2nc(-c4ccccc4)cc(-c4cccc5ccccc45)n2)cc1C3(C)C. The van der Waals surface area contributed by atoms with Gasteiger partial charge in [0.05, 0.1) is 11.4 Å². The van der Waals surface area contributed by atoms with E-state index in [1.165, 1.54) is 55.3 Å². The minimum atomic E-state index is -0.160. The van der Waals surface area contributed by atoms with Crippen molar-refractivity contribution in [2.45, 2.75) is 38.5 Å². The maximum absolute atomic E-state index is 5.26. The van der Waals surface area contributed by atoms with Gasteiger partial charge in [-0.3, -0.25) is 0 Å². The highest BCUT2D eigenvalue weighted by Crippen LogP contribution is 2.56. The third-order valence-electron chi connectivity index (χ3n) is 10.5. The summed E-state index contributed by atoms with van der Waals surface area (Å²) in [5, 5.41) is 2.40. The molecule has 1 heterocycles. The Bertz CT molecular complexity index is 2360. The van der Waals surface area contributed by atoms with Crippen LogP contribution in [-0.2, 0) is 10.8 Å². The number of rotatable bonds is 3. The van der Waals surface area contributed by atoms with Crippen molar-refractivity contribution in [1.82, 2.24) is 9.97 Å². The molecule has 0 saturated heterocycles. The van der Waals surface area contributed by atoms with Gasteiger partial charge < -0.3 is 0 Å². The van der Waals surface area contributed by atoms with Crippen LogP contribution >= 0.6 is 0 Å². The molecule has 0 fully saturated rings. The number of aromatic nitrogens is 2. The lowest BCUT2D eigenvalue weighted by atomic mass is 9.79. The van der Waals surface area contributed by atoms with E-state index in [-0.39, 0.29) is 10.8 Å². The predicted octanol–water partition coefficient (Wildman–Crippen LogP) is 11.2. The fourth-order valence-corrected chi connectivity index (χ4v) is 7.99. The molecule has 0 aliphatic heterocycles. The molecule has 2 heteroatoms. The highest BCUT2D eigenvalue weighted by atomic mass is 14.9. The lowest BCUT2D eigenvalue weighted by molar-refractivity contribution is 0.652. The fraction of sp³-hybridized carbons (Fsp3) is 0.136. The van der Waals surface area contributed by atoms with Gasteiger partial charge in [0, 0.05) is 27.5 Å². The van der Waals surface area contributed by atoms with Gasteiger partial charge in [0.2, 0.25) is 0 Å². The molecule has 0 bridgehead atoms. The van der Waals surface area contributed by atoms with Crippen molar-refractivity contribution in [1.29, 1.82) is 0 Å². The van der Waals surface area contributed by atoms with Crippen LogP contribution in [0, 0.1) is 0 Å². The van der Waals surface area contributed by atoms with Crippen molar-refractivity contribution >= 4 is 10.8 Å². The monoisotopic (exact) mass is 590 g/mol. The van der Waals surface area contributed by atoms with Crippen LogP contribution in [0.5, 0.6) is 0 Å². The summed E-state index contributed by atoms with van der Waals surface area (Å²) in [6, 6.07) is 48.3. The molecule has 0 spiro atoms. The first kappa shape index (κ1) is 27.0. The molecule has 220 valence electrons. The molecule has 0 saturated carbocycles. The Balaban J connectivity index is 1.22. The molecule has 0 unspecified atom stereocenters. The van der Waals surface area contributed by atoms with Crippen molar-refractivity contribution in [2.24, 2.45) is 0 Å². The number of fused-ring (bicyclic) bond motifs is 7. The summed E-state index contributed by atoms with van der Waals surface area (Å²) in [4.78, 5) is 10.4. The van der Waals surface area contributed by atoms with E-state index in [1.807, 2.05) is 6.07 Å². The molecule has 46 heavy (non-hydrogen) atoms. The number of nitrogens with zero attached hydrogens (tertiary/aromatic N) is 2. The van der Waals surface area contributed by atoms with Gasteiger partial charge in [-0.05, 0) is 79.5 Å². The summed E-state index contributed by atoms with van der Waals surface area (Å²) in [7, 11) is 0. The van der Waals surface area contributed by atoms with E-state index in [0.717, 1.165) is 33.9 Å². The second-order valence-corrected chi connectivity index (χ2v) is 13.9. The van der Waals surface area contributed by atoms with Crippen molar-refractivity contribution in [2.75, 3.05) is 0 Å². The van der Waals surface area contributed by atoms with Gasteiger partial charge in [0.1, 0.15) is 0 Å². The zero-order valence-electron chi connectivity index (χ0n) is 26.6. The van der Waals surface area contributed by atoms with E-state index in [9.17, 15) is 0 Å². The average Bonchev–Trinajstić information content (AvgIpc) is 3.46. The first-order valence-corrected chi connectivity index (χ1v) is 16.2. The van der Waals surface area contributed by atoms with Crippen LogP contribution < -0.4 is 0 Å². The van der Waals surface area contributed by atoms with Crippen LogP contribution in [-0.4, -0.2) is 9.97 Å². The first-order chi connectivity index (χ1) is 22.3. The van der Waals surface area contributed by atoms with E-state index < -0.39 is 0 Å². The van der Waals surface area contributed by atoms with Crippen LogP contribution in [0.1, 0.15) is 49.9 Å². The molecule has 0 N–H and O–H groups in total. The molecule has 9 rings (SSSR count). The normalized spacial score (nSPS) is 14.9. The van der Waals surface area contributed by atoms with Crippen LogP contribution in [0.15, 0.2) is 133 Å². The fourth-order valence-electron chi connectivity index (χ4n) is 7.99. The second kappa shape index (κ2) is 9.58. The Labute approximate surface area is 270 Å². The summed E-state index contributed by atoms with van der Waals surface area (Å²) < 4.78 is 0. The topological polar surface area (TPSA) is 25.8 Å². The van der Waals surface area contributed by atoms with Gasteiger partial charge in [0.15, 0.2) is 5.82 Å². The molecular weight excluding hydrogens is 556 g/mol. The minimum Gasteiger partial charge on any atom is -0.228 e. The third kappa shape index (κ3) is 3.83. The first-order valence-electron chi connectivity index (χ1n) is 16.2. The molecule has 2 aliphatic carbocycles. The summed E-state index contributed by atoms with van der Waals surface area (Å²) in [5.41, 5.74) is 15.9. The zero-order valence-corrected chi connectivity index (χ0v) is 26.6. The van der Waals surface area contributed by atoms with Crippen molar-refractivity contribution < 1.29 is 0 Å². The van der Waals surface area contributed by atoms with Gasteiger partial charge in [-0.25, -0.2) is 9.97 Å². The highest BCUT2D eigenvalue weighted by molar-refractivity contribution is 5.96. The lowest BCUT2D eigenvalue weighted by Gasteiger charge is -2.24. The molecule has 2 nitrogen and oxygen atoms in total. The van der Waals surface area contributed by atoms with Gasteiger partial charge in [-0.1, -0.05) is 137 Å². The van der Waals surface area contributed by atoms with E-state index >= 15 is 0 Å². The van der Waals surface area contributed by atoms with Crippen molar-refractivity contribution in [3.63, 3.8) is 0 Å². The number of hydrogen-bond acceptors (Lipinski definition) is 2. The summed E-state index contributed by atoms with van der Waals surface area (Å²) in [6.45, 7) is 9.45. The summed E-state index contributed by atoms with van der Waals surface area (Å²) >= 11 is 0. The third-order valence-corrected chi connectivity index (χ3v) is 10.5. The maximum atomic E-state index is 5.26. The van der Waals surface area contributed by atoms with Crippen LogP contribution in [0.2, 0.25) is 0 Å². The smallest absolute Gasteiger partial charge is 0.160 e. The van der Waals surface area contributed by atoms with Gasteiger partial charge in [-0.2, -0.15) is 0 Å². The Morgan fingerprint density at radius 1 is 0.391 bits per heavy atom. The summed E-state index contributed by atoms with van der Waals surface area (Å²) in [6.07, 6.45) is 0. The minimum absolute atomic E-state index is 0.0302. The van der Waals surface area contributed by atoms with E-state index in [4.69, 9.17) is 9.97 Å². The highest BCUT2D eigenvalue weighted by Gasteiger charge is 2.41. The molecular formula is C44H34N2. The Morgan fingerprint density at radius 2 is 0.978 bits per heavy atom. The van der Waals surface area contributed by atoms with Crippen LogP contribution in [0.3, 0.4) is 0 Å². The van der Waals surface area contributed by atoms with Gasteiger partial charge >= 0.3 is 0 Å². The van der Waals surface area contributed by atoms with E-state index in [0.29, 0.717) is 0 Å². The molecule has 0 atom stereocenters. The molecule has 2 aliphatic rings. The largest absolute Gasteiger partial charge is 0.228 e. The summed E-state index contributed by atoms with van der Waals surface area (Å²) in [5.74, 6) is 0.747. The lowest BCUT2D eigenvalue weighted by Crippen LogP contribution is -2.17. The standard InChI is InChI=1S/C44H34N2/c1-43(2)36-20-11-10-18-31(36)34-24-39-35(25-38(34)43)32-22-21-29(23-37(32)44(39,3)4)42-45-40(28-14-6-5-7-15-28)26-41(46-42)33-19-12-16-27-13-8-9-17-30(27)33/h5-26H,1-4H3. The van der Waals surface area contributed by atoms with Crippen molar-refractivity contribution in [3.8, 4) is 56.2 Å². The predicted molar refractivity (Wildman–Crippen MR) is 191 cm³/mol. The van der Waals surface area contributed by atoms with Crippen molar-refractivity contribution in [3.05, 3.63) is 156 Å². The molecule has 6 aromatic carbocycles. The number of benzene rings is 6. The quantitative estimate of drug-likeness (QED) is 0.205. The second-order valence-electron chi connectivity index (χ2n) is 13.9. The zero-order chi connectivity index (χ0) is 31.2. The Kier molecular flexibility index (Phi) is 5.63. The molecule has 7 aromatic rings. The average molecular weight is 591 g/mol. The van der Waals surface area contributed by atoms with E-state index in [2.05, 4.69) is 155 Å². The van der Waals surface area contributed by atoms with Gasteiger partial charge in [-0.15, -0.1) is 0 Å². The van der Waals surface area contributed by atoms with Crippen LogP contribution in [0.4, 0.5) is 0 Å². The Hall–Kier alpha value is -5.34. The van der Waals surface area contributed by atoms with Gasteiger partial charge in [0.25, 0.3) is 0 Å². The molecule has 1 aromatic heterocycles. The Morgan fingerprint density at radius 3 is 1.78 bits per heavy atom. The van der Waals surface area contributed by atoms with Crippen LogP contribution in [0.25, 0.3) is 66.9 Å². The van der Waals surface area contributed by atoms with E-state index in [1.54, 1.807) is 0 Å². The number of hydrogen-bond donors (Lipinski definition) is 0.